The molecular weight excluding hydrogens is 230 g/mol. The van der Waals surface area contributed by atoms with Crippen LogP contribution in [0.3, 0.4) is 0 Å². The Morgan fingerprint density at radius 3 is 3.00 bits per heavy atom. The summed E-state index contributed by atoms with van der Waals surface area (Å²) in [6, 6.07) is 5.57. The first-order valence-electron chi connectivity index (χ1n) is 6.12. The van der Waals surface area contributed by atoms with Gasteiger partial charge in [-0.05, 0) is 23.6 Å². The predicted octanol–water partition coefficient (Wildman–Crippen LogP) is 1.39. The lowest BCUT2D eigenvalue weighted by molar-refractivity contribution is -0.115. The van der Waals surface area contributed by atoms with Crippen molar-refractivity contribution in [3.63, 3.8) is 0 Å². The molecule has 1 heterocycles. The highest BCUT2D eigenvalue weighted by molar-refractivity contribution is 5.99. The summed E-state index contributed by atoms with van der Waals surface area (Å²) >= 11 is 0. The van der Waals surface area contributed by atoms with Crippen molar-refractivity contribution in [3.8, 4) is 0 Å². The van der Waals surface area contributed by atoms with E-state index in [0.29, 0.717) is 19.5 Å². The van der Waals surface area contributed by atoms with Crippen LogP contribution >= 0.6 is 0 Å². The monoisotopic (exact) mass is 247 g/mol. The van der Waals surface area contributed by atoms with E-state index in [1.54, 1.807) is 0 Å². The minimum Gasteiger partial charge on any atom is -0.338 e. The summed E-state index contributed by atoms with van der Waals surface area (Å²) in [5, 5.41) is 8.30. The van der Waals surface area contributed by atoms with Crippen LogP contribution in [0.25, 0.3) is 0 Å². The topological polar surface area (TPSA) is 70.2 Å². The highest BCUT2D eigenvalue weighted by Gasteiger charge is 2.17. The average molecular weight is 247 g/mol. The molecule has 5 heteroatoms. The summed E-state index contributed by atoms with van der Waals surface area (Å²) in [5.74, 6) is 0.0239. The molecule has 0 aromatic heterocycles. The Labute approximate surface area is 106 Å². The SMILES string of the molecule is CCCNC(=O)NCc1ccc2c(c1)CC(=O)N2. The summed E-state index contributed by atoms with van der Waals surface area (Å²) in [6.45, 7) is 3.15. The third-order valence-corrected chi connectivity index (χ3v) is 2.78. The Morgan fingerprint density at radius 2 is 2.22 bits per heavy atom. The van der Waals surface area contributed by atoms with Gasteiger partial charge in [-0.1, -0.05) is 19.1 Å². The predicted molar refractivity (Wildman–Crippen MR) is 69.3 cm³/mol. The minimum atomic E-state index is -0.161. The summed E-state index contributed by atoms with van der Waals surface area (Å²) < 4.78 is 0. The number of fused-ring (bicyclic) bond motifs is 1. The highest BCUT2D eigenvalue weighted by atomic mass is 16.2. The van der Waals surface area contributed by atoms with Crippen molar-refractivity contribution in [2.45, 2.75) is 26.3 Å². The number of hydrogen-bond acceptors (Lipinski definition) is 2. The Balaban J connectivity index is 1.89. The van der Waals surface area contributed by atoms with Crippen molar-refractivity contribution in [2.75, 3.05) is 11.9 Å². The van der Waals surface area contributed by atoms with Crippen LogP contribution in [0.4, 0.5) is 10.5 Å². The second-order valence-corrected chi connectivity index (χ2v) is 4.33. The second-order valence-electron chi connectivity index (χ2n) is 4.33. The number of rotatable bonds is 4. The van der Waals surface area contributed by atoms with E-state index >= 15 is 0 Å². The van der Waals surface area contributed by atoms with Crippen LogP contribution in [-0.2, 0) is 17.8 Å². The van der Waals surface area contributed by atoms with E-state index in [9.17, 15) is 9.59 Å². The molecule has 1 aliphatic heterocycles. The Morgan fingerprint density at radius 1 is 1.39 bits per heavy atom. The van der Waals surface area contributed by atoms with Crippen molar-refractivity contribution in [2.24, 2.45) is 0 Å². The van der Waals surface area contributed by atoms with Crippen LogP contribution in [0.15, 0.2) is 18.2 Å². The second kappa shape index (κ2) is 5.53. The molecule has 2 rings (SSSR count). The highest BCUT2D eigenvalue weighted by Crippen LogP contribution is 2.23. The molecule has 3 amide bonds. The molecule has 0 unspecified atom stereocenters. The first-order chi connectivity index (χ1) is 8.69. The third-order valence-electron chi connectivity index (χ3n) is 2.78. The molecule has 0 fully saturated rings. The fraction of sp³-hybridized carbons (Fsp3) is 0.385. The number of urea groups is 1. The molecule has 0 radical (unpaired) electrons. The van der Waals surface area contributed by atoms with Crippen LogP contribution in [-0.4, -0.2) is 18.5 Å². The van der Waals surface area contributed by atoms with Gasteiger partial charge in [0.2, 0.25) is 5.91 Å². The smallest absolute Gasteiger partial charge is 0.315 e. The normalized spacial score (nSPS) is 12.8. The van der Waals surface area contributed by atoms with Crippen molar-refractivity contribution in [1.29, 1.82) is 0 Å². The first kappa shape index (κ1) is 12.4. The molecule has 1 aromatic rings. The zero-order valence-electron chi connectivity index (χ0n) is 10.4. The molecule has 0 bridgehead atoms. The van der Waals surface area contributed by atoms with E-state index < -0.39 is 0 Å². The number of amides is 3. The number of benzene rings is 1. The van der Waals surface area contributed by atoms with Gasteiger partial charge in [-0.25, -0.2) is 4.79 Å². The van der Waals surface area contributed by atoms with Gasteiger partial charge in [-0.15, -0.1) is 0 Å². The molecule has 1 aromatic carbocycles. The number of hydrogen-bond donors (Lipinski definition) is 3. The lowest BCUT2D eigenvalue weighted by Crippen LogP contribution is -2.35. The molecule has 0 atom stereocenters. The maximum absolute atomic E-state index is 11.4. The number of nitrogens with one attached hydrogen (secondary N) is 3. The van der Waals surface area contributed by atoms with E-state index in [0.717, 1.165) is 23.2 Å². The molecule has 96 valence electrons. The number of anilines is 1. The van der Waals surface area contributed by atoms with Crippen molar-refractivity contribution in [3.05, 3.63) is 29.3 Å². The van der Waals surface area contributed by atoms with E-state index in [4.69, 9.17) is 0 Å². The fourth-order valence-electron chi connectivity index (χ4n) is 1.88. The van der Waals surface area contributed by atoms with Gasteiger partial charge in [0.25, 0.3) is 0 Å². The summed E-state index contributed by atoms with van der Waals surface area (Å²) in [7, 11) is 0. The Kier molecular flexibility index (Phi) is 3.82. The lowest BCUT2D eigenvalue weighted by atomic mass is 10.1. The van der Waals surface area contributed by atoms with Crippen LogP contribution in [0.2, 0.25) is 0 Å². The first-order valence-corrected chi connectivity index (χ1v) is 6.12. The van der Waals surface area contributed by atoms with Crippen LogP contribution < -0.4 is 16.0 Å². The summed E-state index contributed by atoms with van der Waals surface area (Å²) in [5.41, 5.74) is 2.87. The molecular formula is C13H17N3O2. The van der Waals surface area contributed by atoms with Crippen LogP contribution in [0.5, 0.6) is 0 Å². The van der Waals surface area contributed by atoms with Crippen LogP contribution in [0.1, 0.15) is 24.5 Å². The van der Waals surface area contributed by atoms with Gasteiger partial charge in [0.15, 0.2) is 0 Å². The van der Waals surface area contributed by atoms with Crippen molar-refractivity contribution >= 4 is 17.6 Å². The van der Waals surface area contributed by atoms with Gasteiger partial charge in [-0.3, -0.25) is 4.79 Å². The van der Waals surface area contributed by atoms with Gasteiger partial charge in [-0.2, -0.15) is 0 Å². The zero-order chi connectivity index (χ0) is 13.0. The van der Waals surface area contributed by atoms with Crippen molar-refractivity contribution in [1.82, 2.24) is 10.6 Å². The quantitative estimate of drug-likeness (QED) is 0.752. The maximum Gasteiger partial charge on any atom is 0.315 e. The standard InChI is InChI=1S/C13H17N3O2/c1-2-5-14-13(18)15-8-9-3-4-11-10(6-9)7-12(17)16-11/h3-4,6H,2,5,7-8H2,1H3,(H,16,17)(H2,14,15,18). The van der Waals surface area contributed by atoms with E-state index in [1.165, 1.54) is 0 Å². The number of carbonyl (C=O) groups excluding carboxylic acids is 2. The fourth-order valence-corrected chi connectivity index (χ4v) is 1.88. The van der Waals surface area contributed by atoms with Crippen LogP contribution in [0, 0.1) is 0 Å². The molecule has 18 heavy (non-hydrogen) atoms. The van der Waals surface area contributed by atoms with E-state index in [1.807, 2.05) is 25.1 Å². The van der Waals surface area contributed by atoms with Crippen molar-refractivity contribution < 1.29 is 9.59 Å². The van der Waals surface area contributed by atoms with Gasteiger partial charge >= 0.3 is 6.03 Å². The van der Waals surface area contributed by atoms with E-state index in [-0.39, 0.29) is 11.9 Å². The lowest BCUT2D eigenvalue weighted by Gasteiger charge is -2.07. The molecule has 0 spiro atoms. The maximum atomic E-state index is 11.4. The number of carbonyl (C=O) groups is 2. The molecule has 3 N–H and O–H groups in total. The molecule has 0 saturated heterocycles. The Bertz CT molecular complexity index is 471. The van der Waals surface area contributed by atoms with E-state index in [2.05, 4.69) is 16.0 Å². The van der Waals surface area contributed by atoms with Gasteiger partial charge in [0.05, 0.1) is 6.42 Å². The summed E-state index contributed by atoms with van der Waals surface area (Å²) in [6.07, 6.45) is 1.34. The molecule has 0 aliphatic carbocycles. The molecule has 1 aliphatic rings. The molecule has 5 nitrogen and oxygen atoms in total. The largest absolute Gasteiger partial charge is 0.338 e. The summed E-state index contributed by atoms with van der Waals surface area (Å²) in [4.78, 5) is 22.6. The molecule has 0 saturated carbocycles. The van der Waals surface area contributed by atoms with Gasteiger partial charge < -0.3 is 16.0 Å². The minimum absolute atomic E-state index is 0.0239. The third kappa shape index (κ3) is 3.00. The van der Waals surface area contributed by atoms with Gasteiger partial charge in [0.1, 0.15) is 0 Å². The Hall–Kier alpha value is -2.04. The average Bonchev–Trinajstić information content (AvgIpc) is 2.73. The van der Waals surface area contributed by atoms with Gasteiger partial charge in [0, 0.05) is 18.8 Å². The zero-order valence-corrected chi connectivity index (χ0v) is 10.4.